The van der Waals surface area contributed by atoms with Crippen LogP contribution in [0.4, 0.5) is 13.2 Å². The summed E-state index contributed by atoms with van der Waals surface area (Å²) < 4.78 is 45.7. The normalized spacial score (nSPS) is 12.6. The van der Waals surface area contributed by atoms with E-state index in [0.717, 1.165) is 12.1 Å². The molecule has 2 heterocycles. The smallest absolute Gasteiger partial charge is 0.416 e. The number of aryl methyl sites for hydroxylation is 2. The first kappa shape index (κ1) is 21.4. The number of nitrogens with zero attached hydrogens (tertiary/aromatic N) is 2. The second-order valence-electron chi connectivity index (χ2n) is 6.98. The van der Waals surface area contributed by atoms with Crippen LogP contribution in [0, 0.1) is 20.8 Å². The molecule has 1 unspecified atom stereocenters. The lowest BCUT2D eigenvalue weighted by molar-refractivity contribution is -0.137. The molecule has 0 saturated carbocycles. The Morgan fingerprint density at radius 1 is 1.13 bits per heavy atom. The summed E-state index contributed by atoms with van der Waals surface area (Å²) in [6, 6.07) is 7.51. The average molecular weight is 419 g/mol. The summed E-state index contributed by atoms with van der Waals surface area (Å²) in [6.45, 7) is 6.49. The molecular weight excluding hydrogens is 399 g/mol. The van der Waals surface area contributed by atoms with Gasteiger partial charge in [-0.1, -0.05) is 6.07 Å². The fourth-order valence-corrected chi connectivity index (χ4v) is 3.17. The van der Waals surface area contributed by atoms with Crippen LogP contribution in [0.1, 0.15) is 51.8 Å². The Kier molecular flexibility index (Phi) is 5.56. The van der Waals surface area contributed by atoms with Gasteiger partial charge < -0.3 is 9.73 Å². The van der Waals surface area contributed by atoms with E-state index in [4.69, 9.17) is 4.42 Å². The number of hydrogen-bond donors (Lipinski definition) is 1. The van der Waals surface area contributed by atoms with Crippen molar-refractivity contribution in [3.8, 4) is 5.69 Å². The van der Waals surface area contributed by atoms with E-state index in [9.17, 15) is 22.8 Å². The minimum Gasteiger partial charge on any atom is -0.464 e. The van der Waals surface area contributed by atoms with Crippen molar-refractivity contribution in [3.63, 3.8) is 0 Å². The average Bonchev–Trinajstić information content (AvgIpc) is 3.23. The third kappa shape index (κ3) is 4.14. The molecule has 3 aromatic rings. The number of halogens is 3. The number of carbonyl (C=O) groups is 2. The van der Waals surface area contributed by atoms with E-state index in [-0.39, 0.29) is 22.6 Å². The van der Waals surface area contributed by atoms with Crippen molar-refractivity contribution in [2.45, 2.75) is 39.9 Å². The summed E-state index contributed by atoms with van der Waals surface area (Å²) in [5.74, 6) is -0.502. The highest BCUT2D eigenvalue weighted by atomic mass is 19.4. The summed E-state index contributed by atoms with van der Waals surface area (Å²) in [6.07, 6.45) is -4.51. The molecule has 158 valence electrons. The van der Waals surface area contributed by atoms with Crippen LogP contribution in [0.25, 0.3) is 5.69 Å². The van der Waals surface area contributed by atoms with E-state index in [1.54, 1.807) is 26.0 Å². The third-order valence-electron chi connectivity index (χ3n) is 4.68. The first-order chi connectivity index (χ1) is 14.0. The van der Waals surface area contributed by atoms with Gasteiger partial charge in [-0.3, -0.25) is 9.59 Å². The molecule has 3 rings (SSSR count). The highest BCUT2D eigenvalue weighted by Crippen LogP contribution is 2.31. The van der Waals surface area contributed by atoms with Crippen molar-refractivity contribution in [2.75, 3.05) is 0 Å². The van der Waals surface area contributed by atoms with Crippen LogP contribution in [0.2, 0.25) is 0 Å². The van der Waals surface area contributed by atoms with E-state index >= 15 is 0 Å². The Morgan fingerprint density at radius 2 is 1.83 bits per heavy atom. The SMILES string of the molecule is Cc1ccc(C(C)NC(=O)C(=O)c2c(C)nn(-c3cccc(C(F)(F)F)c3)c2C)o1. The lowest BCUT2D eigenvalue weighted by atomic mass is 10.1. The minimum atomic E-state index is -4.51. The zero-order valence-electron chi connectivity index (χ0n) is 16.8. The van der Waals surface area contributed by atoms with Gasteiger partial charge in [-0.25, -0.2) is 4.68 Å². The van der Waals surface area contributed by atoms with Crippen LogP contribution in [-0.2, 0) is 11.0 Å². The molecule has 1 atom stereocenters. The van der Waals surface area contributed by atoms with Crippen molar-refractivity contribution in [1.82, 2.24) is 15.1 Å². The minimum absolute atomic E-state index is 0.0488. The van der Waals surface area contributed by atoms with Crippen LogP contribution in [-0.4, -0.2) is 21.5 Å². The van der Waals surface area contributed by atoms with Crippen LogP contribution in [0.15, 0.2) is 40.8 Å². The van der Waals surface area contributed by atoms with Gasteiger partial charge in [0.25, 0.3) is 11.7 Å². The molecule has 1 N–H and O–H groups in total. The van der Waals surface area contributed by atoms with Gasteiger partial charge in [0.05, 0.1) is 34.2 Å². The maximum Gasteiger partial charge on any atom is 0.416 e. The van der Waals surface area contributed by atoms with Gasteiger partial charge in [0, 0.05) is 0 Å². The Balaban J connectivity index is 1.88. The predicted molar refractivity (Wildman–Crippen MR) is 102 cm³/mol. The summed E-state index contributed by atoms with van der Waals surface area (Å²) in [5.41, 5.74) is -0.127. The van der Waals surface area contributed by atoms with E-state index in [1.165, 1.54) is 30.7 Å². The standard InChI is InChI=1S/C21H20F3N3O3/c1-11-8-9-17(30-11)12(2)25-20(29)19(28)18-13(3)26-27(14(18)4)16-7-5-6-15(10-16)21(22,23)24/h5-10,12H,1-4H3,(H,25,29). The molecule has 0 radical (unpaired) electrons. The first-order valence-electron chi connectivity index (χ1n) is 9.14. The maximum atomic E-state index is 13.0. The van der Waals surface area contributed by atoms with Gasteiger partial charge in [0.1, 0.15) is 11.5 Å². The highest BCUT2D eigenvalue weighted by molar-refractivity contribution is 6.43. The molecule has 1 amide bonds. The molecule has 30 heavy (non-hydrogen) atoms. The van der Waals surface area contributed by atoms with Gasteiger partial charge in [0.2, 0.25) is 0 Å². The van der Waals surface area contributed by atoms with Gasteiger partial charge in [0.15, 0.2) is 0 Å². The van der Waals surface area contributed by atoms with Crippen molar-refractivity contribution in [3.05, 3.63) is 70.4 Å². The Labute approximate surface area is 170 Å². The second-order valence-corrected chi connectivity index (χ2v) is 6.98. The van der Waals surface area contributed by atoms with Gasteiger partial charge in [-0.15, -0.1) is 0 Å². The number of furan rings is 1. The van der Waals surface area contributed by atoms with E-state index < -0.39 is 29.5 Å². The molecule has 0 aliphatic heterocycles. The lowest BCUT2D eigenvalue weighted by Crippen LogP contribution is -2.33. The second kappa shape index (κ2) is 7.81. The summed E-state index contributed by atoms with van der Waals surface area (Å²) in [4.78, 5) is 25.2. The number of Topliss-reactive ketones (excluding diaryl/α,β-unsaturated/α-hetero) is 1. The van der Waals surface area contributed by atoms with Crippen molar-refractivity contribution >= 4 is 11.7 Å². The molecule has 0 fully saturated rings. The molecule has 0 aliphatic rings. The summed E-state index contributed by atoms with van der Waals surface area (Å²) in [7, 11) is 0. The predicted octanol–water partition coefficient (Wildman–Crippen LogP) is 4.47. The number of hydrogen-bond acceptors (Lipinski definition) is 4. The monoisotopic (exact) mass is 419 g/mol. The van der Waals surface area contributed by atoms with Crippen LogP contribution >= 0.6 is 0 Å². The fraction of sp³-hybridized carbons (Fsp3) is 0.286. The molecule has 0 saturated heterocycles. The first-order valence-corrected chi connectivity index (χ1v) is 9.14. The number of carbonyl (C=O) groups excluding carboxylic acids is 2. The molecule has 0 spiro atoms. The maximum absolute atomic E-state index is 13.0. The highest BCUT2D eigenvalue weighted by Gasteiger charge is 2.31. The van der Waals surface area contributed by atoms with Gasteiger partial charge >= 0.3 is 6.18 Å². The van der Waals surface area contributed by atoms with Crippen LogP contribution in [0.5, 0.6) is 0 Å². The molecule has 2 aromatic heterocycles. The largest absolute Gasteiger partial charge is 0.464 e. The zero-order valence-corrected chi connectivity index (χ0v) is 16.8. The number of aromatic nitrogens is 2. The van der Waals surface area contributed by atoms with Gasteiger partial charge in [-0.2, -0.15) is 18.3 Å². The van der Waals surface area contributed by atoms with E-state index in [1.807, 2.05) is 0 Å². The van der Waals surface area contributed by atoms with Crippen LogP contribution in [0.3, 0.4) is 0 Å². The number of rotatable bonds is 5. The summed E-state index contributed by atoms with van der Waals surface area (Å²) in [5, 5.41) is 6.75. The topological polar surface area (TPSA) is 77.1 Å². The number of alkyl halides is 3. The van der Waals surface area contributed by atoms with E-state index in [0.29, 0.717) is 11.5 Å². The van der Waals surface area contributed by atoms with Crippen molar-refractivity contribution < 1.29 is 27.2 Å². The Hall–Kier alpha value is -3.36. The number of nitrogens with one attached hydrogen (secondary N) is 1. The molecule has 0 aliphatic carbocycles. The quantitative estimate of drug-likeness (QED) is 0.489. The van der Waals surface area contributed by atoms with Gasteiger partial charge in [-0.05, 0) is 58.0 Å². The molecular formula is C21H20F3N3O3. The summed E-state index contributed by atoms with van der Waals surface area (Å²) >= 11 is 0. The number of benzene rings is 1. The number of ketones is 1. The van der Waals surface area contributed by atoms with E-state index in [2.05, 4.69) is 10.4 Å². The number of amides is 1. The third-order valence-corrected chi connectivity index (χ3v) is 4.68. The molecule has 1 aromatic carbocycles. The Bertz CT molecular complexity index is 1110. The van der Waals surface area contributed by atoms with Crippen molar-refractivity contribution in [1.29, 1.82) is 0 Å². The Morgan fingerprint density at radius 3 is 2.43 bits per heavy atom. The van der Waals surface area contributed by atoms with Crippen molar-refractivity contribution in [2.24, 2.45) is 0 Å². The fourth-order valence-electron chi connectivity index (χ4n) is 3.17. The lowest BCUT2D eigenvalue weighted by Gasteiger charge is -2.11. The zero-order chi connectivity index (χ0) is 22.2. The molecule has 0 bridgehead atoms. The van der Waals surface area contributed by atoms with Crippen LogP contribution < -0.4 is 5.32 Å². The molecule has 9 heteroatoms. The molecule has 6 nitrogen and oxygen atoms in total.